The summed E-state index contributed by atoms with van der Waals surface area (Å²) in [7, 11) is 0. The van der Waals surface area contributed by atoms with E-state index in [4.69, 9.17) is 5.11 Å². The molecule has 0 unspecified atom stereocenters. The van der Waals surface area contributed by atoms with E-state index >= 15 is 0 Å². The quantitative estimate of drug-likeness (QED) is 0.731. The number of carboxylic acid groups (broad SMARTS) is 1. The molecular weight excluding hydrogens is 198 g/mol. The smallest absolute Gasteiger partial charge is 0.313 e. The molecule has 0 atom stereocenters. The van der Waals surface area contributed by atoms with Crippen LogP contribution in [0.15, 0.2) is 0 Å². The number of hydrogen-bond donors (Lipinski definition) is 2. The Kier molecular flexibility index (Phi) is 6.61. The number of halogens is 1. The molecule has 12 heavy (non-hydrogen) atoms. The van der Waals surface area contributed by atoms with Crippen LogP contribution < -0.4 is 5.32 Å². The zero-order valence-corrected chi connectivity index (χ0v) is 8.42. The summed E-state index contributed by atoms with van der Waals surface area (Å²) >= 11 is 1.57. The van der Waals surface area contributed by atoms with Gasteiger partial charge in [0, 0.05) is 5.25 Å². The highest BCUT2D eigenvalue weighted by Crippen LogP contribution is 2.19. The van der Waals surface area contributed by atoms with E-state index in [2.05, 4.69) is 5.32 Å². The number of thioether (sulfide) groups is 1. The van der Waals surface area contributed by atoms with Crippen LogP contribution in [0, 0.1) is 0 Å². The summed E-state index contributed by atoms with van der Waals surface area (Å²) in [5, 5.41) is 12.2. The third kappa shape index (κ3) is 4.85. The molecule has 3 nitrogen and oxygen atoms in total. The van der Waals surface area contributed by atoms with E-state index in [1.807, 2.05) is 0 Å². The molecule has 5 heteroatoms. The van der Waals surface area contributed by atoms with Gasteiger partial charge in [-0.2, -0.15) is 0 Å². The lowest BCUT2D eigenvalue weighted by Crippen LogP contribution is -2.29. The summed E-state index contributed by atoms with van der Waals surface area (Å²) in [6, 6.07) is 0. The molecule has 0 aliphatic carbocycles. The van der Waals surface area contributed by atoms with E-state index in [0.717, 1.165) is 25.9 Å². The van der Waals surface area contributed by atoms with Gasteiger partial charge in [0.25, 0.3) is 0 Å². The molecule has 0 aromatic rings. The molecule has 0 aromatic carbocycles. The molecule has 0 saturated carbocycles. The molecule has 1 aliphatic heterocycles. The van der Waals surface area contributed by atoms with Gasteiger partial charge in [-0.3, -0.25) is 4.79 Å². The van der Waals surface area contributed by atoms with Crippen LogP contribution in [0.3, 0.4) is 0 Å². The lowest BCUT2D eigenvalue weighted by atomic mass is 10.2. The predicted molar refractivity (Wildman–Crippen MR) is 53.2 cm³/mol. The Hall–Kier alpha value is 0.0700. The number of piperidine rings is 1. The average Bonchev–Trinajstić information content (AvgIpc) is 2.03. The molecule has 0 amide bonds. The highest BCUT2D eigenvalue weighted by molar-refractivity contribution is 8.00. The van der Waals surface area contributed by atoms with Crippen LogP contribution in [0.25, 0.3) is 0 Å². The second kappa shape index (κ2) is 6.57. The lowest BCUT2D eigenvalue weighted by molar-refractivity contribution is -0.133. The maximum Gasteiger partial charge on any atom is 0.313 e. The van der Waals surface area contributed by atoms with Crippen LogP contribution in [0.5, 0.6) is 0 Å². The number of carbonyl (C=O) groups is 1. The third-order valence-electron chi connectivity index (χ3n) is 1.73. The molecule has 0 aromatic heterocycles. The Bertz CT molecular complexity index is 139. The van der Waals surface area contributed by atoms with Gasteiger partial charge in [0.05, 0.1) is 5.75 Å². The third-order valence-corrected chi connectivity index (χ3v) is 3.09. The van der Waals surface area contributed by atoms with Crippen molar-refractivity contribution in [1.82, 2.24) is 5.32 Å². The number of nitrogens with one attached hydrogen (secondary N) is 1. The Labute approximate surface area is 82.7 Å². The molecule has 0 bridgehead atoms. The van der Waals surface area contributed by atoms with E-state index in [0.29, 0.717) is 5.25 Å². The number of aliphatic carboxylic acids is 1. The molecule has 1 heterocycles. The summed E-state index contributed by atoms with van der Waals surface area (Å²) < 4.78 is 0. The second-order valence-electron chi connectivity index (χ2n) is 2.65. The van der Waals surface area contributed by atoms with Gasteiger partial charge in [0.15, 0.2) is 0 Å². The SMILES string of the molecule is Cl.O=C(O)CSC1CCNCC1. The van der Waals surface area contributed by atoms with Crippen LogP contribution in [-0.4, -0.2) is 35.2 Å². The minimum atomic E-state index is -0.700. The summed E-state index contributed by atoms with van der Waals surface area (Å²) in [6.07, 6.45) is 2.22. The number of hydrogen-bond acceptors (Lipinski definition) is 3. The van der Waals surface area contributed by atoms with Crippen LogP contribution in [-0.2, 0) is 4.79 Å². The first-order chi connectivity index (χ1) is 5.29. The number of carboxylic acids is 1. The number of rotatable bonds is 3. The van der Waals surface area contributed by atoms with Crippen molar-refractivity contribution in [2.24, 2.45) is 0 Å². The molecule has 72 valence electrons. The maximum absolute atomic E-state index is 10.2. The first-order valence-electron chi connectivity index (χ1n) is 3.83. The van der Waals surface area contributed by atoms with Gasteiger partial charge in [-0.05, 0) is 25.9 Å². The Morgan fingerprint density at radius 3 is 2.58 bits per heavy atom. The summed E-state index contributed by atoms with van der Waals surface area (Å²) in [5.74, 6) is -0.446. The van der Waals surface area contributed by atoms with Crippen LogP contribution >= 0.6 is 24.2 Å². The highest BCUT2D eigenvalue weighted by atomic mass is 35.5. The molecule has 2 N–H and O–H groups in total. The monoisotopic (exact) mass is 211 g/mol. The molecule has 0 radical (unpaired) electrons. The van der Waals surface area contributed by atoms with Gasteiger partial charge < -0.3 is 10.4 Å². The van der Waals surface area contributed by atoms with E-state index in [9.17, 15) is 4.79 Å². The van der Waals surface area contributed by atoms with Gasteiger partial charge in [-0.1, -0.05) is 0 Å². The van der Waals surface area contributed by atoms with Gasteiger partial charge in [0.1, 0.15) is 0 Å². The fraction of sp³-hybridized carbons (Fsp3) is 0.857. The largest absolute Gasteiger partial charge is 0.481 e. The predicted octanol–water partition coefficient (Wildman–Crippen LogP) is 0.978. The van der Waals surface area contributed by atoms with Crippen molar-refractivity contribution in [3.8, 4) is 0 Å². The van der Waals surface area contributed by atoms with Crippen LogP contribution in [0.1, 0.15) is 12.8 Å². The Balaban J connectivity index is 0.00000121. The van der Waals surface area contributed by atoms with E-state index in [1.165, 1.54) is 0 Å². The van der Waals surface area contributed by atoms with Crippen molar-refractivity contribution in [3.05, 3.63) is 0 Å². The summed E-state index contributed by atoms with van der Waals surface area (Å²) in [6.45, 7) is 2.08. The molecule has 1 rings (SSSR count). The van der Waals surface area contributed by atoms with Crippen molar-refractivity contribution in [1.29, 1.82) is 0 Å². The van der Waals surface area contributed by atoms with Crippen molar-refractivity contribution >= 4 is 30.1 Å². The van der Waals surface area contributed by atoms with Crippen molar-refractivity contribution in [2.45, 2.75) is 18.1 Å². The van der Waals surface area contributed by atoms with Crippen molar-refractivity contribution in [2.75, 3.05) is 18.8 Å². The molecule has 0 spiro atoms. The second-order valence-corrected chi connectivity index (χ2v) is 3.94. The fourth-order valence-corrected chi connectivity index (χ4v) is 2.10. The topological polar surface area (TPSA) is 49.3 Å². The van der Waals surface area contributed by atoms with E-state index < -0.39 is 5.97 Å². The zero-order chi connectivity index (χ0) is 8.10. The van der Waals surface area contributed by atoms with Crippen LogP contribution in [0.4, 0.5) is 0 Å². The Morgan fingerprint density at radius 1 is 1.50 bits per heavy atom. The van der Waals surface area contributed by atoms with Gasteiger partial charge in [0.2, 0.25) is 0 Å². The minimum Gasteiger partial charge on any atom is -0.481 e. The standard InChI is InChI=1S/C7H13NO2S.ClH/c9-7(10)5-11-6-1-3-8-4-2-6;/h6,8H,1-5H2,(H,9,10);1H. The van der Waals surface area contributed by atoms with Crippen molar-refractivity contribution < 1.29 is 9.90 Å². The maximum atomic E-state index is 10.2. The molecule has 1 aliphatic rings. The molecule has 1 saturated heterocycles. The minimum absolute atomic E-state index is 0. The van der Waals surface area contributed by atoms with Crippen LogP contribution in [0.2, 0.25) is 0 Å². The van der Waals surface area contributed by atoms with E-state index in [1.54, 1.807) is 11.8 Å². The first-order valence-corrected chi connectivity index (χ1v) is 4.88. The molecular formula is C7H14ClNO2S. The Morgan fingerprint density at radius 2 is 2.08 bits per heavy atom. The normalized spacial score (nSPS) is 18.3. The van der Waals surface area contributed by atoms with Gasteiger partial charge >= 0.3 is 5.97 Å². The van der Waals surface area contributed by atoms with E-state index in [-0.39, 0.29) is 18.2 Å². The highest BCUT2D eigenvalue weighted by Gasteiger charge is 2.13. The molecule has 1 fully saturated rings. The lowest BCUT2D eigenvalue weighted by Gasteiger charge is -2.20. The summed E-state index contributed by atoms with van der Waals surface area (Å²) in [5.41, 5.74) is 0. The first kappa shape index (κ1) is 12.1. The van der Waals surface area contributed by atoms with Gasteiger partial charge in [-0.15, -0.1) is 24.2 Å². The zero-order valence-electron chi connectivity index (χ0n) is 6.78. The average molecular weight is 212 g/mol. The van der Waals surface area contributed by atoms with Crippen molar-refractivity contribution in [3.63, 3.8) is 0 Å². The fourth-order valence-electron chi connectivity index (χ4n) is 1.15. The summed E-state index contributed by atoms with van der Waals surface area (Å²) in [4.78, 5) is 10.2. The van der Waals surface area contributed by atoms with Gasteiger partial charge in [-0.25, -0.2) is 0 Å².